The molecule has 0 fully saturated rings. The van der Waals surface area contributed by atoms with Crippen molar-refractivity contribution in [3.8, 4) is 0 Å². The van der Waals surface area contributed by atoms with Crippen LogP contribution in [0.2, 0.25) is 0 Å². The maximum absolute atomic E-state index is 12.9. The molecule has 0 radical (unpaired) electrons. The summed E-state index contributed by atoms with van der Waals surface area (Å²) in [6.07, 6.45) is -2.73. The summed E-state index contributed by atoms with van der Waals surface area (Å²) in [7, 11) is -4.41. The highest BCUT2D eigenvalue weighted by Crippen LogP contribution is 2.29. The van der Waals surface area contributed by atoms with Crippen LogP contribution in [0.5, 0.6) is 0 Å². The van der Waals surface area contributed by atoms with Crippen molar-refractivity contribution in [2.75, 3.05) is 0 Å². The molecule has 4 nitrogen and oxygen atoms in total. The van der Waals surface area contributed by atoms with E-state index in [0.29, 0.717) is 6.20 Å². The predicted octanol–water partition coefficient (Wildman–Crippen LogP) is 1.11. The Labute approximate surface area is 84.0 Å². The van der Waals surface area contributed by atoms with Crippen molar-refractivity contribution in [2.45, 2.75) is 18.2 Å². The van der Waals surface area contributed by atoms with Crippen molar-refractivity contribution in [2.24, 2.45) is 5.14 Å². The van der Waals surface area contributed by atoms with Crippen LogP contribution >= 0.6 is 0 Å². The lowest BCUT2D eigenvalue weighted by Crippen LogP contribution is -2.18. The summed E-state index contributed by atoms with van der Waals surface area (Å²) in [5.41, 5.74) is -1.49. The summed E-state index contributed by atoms with van der Waals surface area (Å²) >= 11 is 0. The van der Waals surface area contributed by atoms with E-state index in [4.69, 9.17) is 5.14 Å². The molecule has 1 aromatic heterocycles. The molecule has 0 amide bonds. The van der Waals surface area contributed by atoms with Gasteiger partial charge in [-0.2, -0.15) is 0 Å². The first-order valence-electron chi connectivity index (χ1n) is 3.71. The number of primary sulfonamides is 1. The van der Waals surface area contributed by atoms with Gasteiger partial charge >= 0.3 is 0 Å². The third-order valence-corrected chi connectivity index (χ3v) is 2.79. The van der Waals surface area contributed by atoms with Gasteiger partial charge in [0, 0.05) is 0 Å². The molecule has 8 heteroatoms. The maximum Gasteiger partial charge on any atom is 0.268 e. The molecule has 0 aliphatic heterocycles. The fourth-order valence-corrected chi connectivity index (χ4v) is 2.11. The highest BCUT2D eigenvalue weighted by Gasteiger charge is 2.27. The molecule has 0 bridgehead atoms. The average molecular weight is 240 g/mol. The van der Waals surface area contributed by atoms with Crippen LogP contribution < -0.4 is 5.14 Å². The first kappa shape index (κ1) is 11.9. The standard InChI is InChI=1S/C7H7F3N2O2S/c1-3-6(15(11,13)14)5(7(9)10)4(8)2-12-3/h2,7H,1H3,(H2,11,13,14). The highest BCUT2D eigenvalue weighted by atomic mass is 32.2. The molecule has 0 aliphatic rings. The zero-order chi connectivity index (χ0) is 11.8. The van der Waals surface area contributed by atoms with Crippen LogP contribution in [0.15, 0.2) is 11.1 Å². The number of aryl methyl sites for hydroxylation is 1. The number of halogens is 3. The predicted molar refractivity (Wildman–Crippen MR) is 45.3 cm³/mol. The number of pyridine rings is 1. The molecule has 2 N–H and O–H groups in total. The first-order valence-corrected chi connectivity index (χ1v) is 5.25. The van der Waals surface area contributed by atoms with E-state index in [9.17, 15) is 21.6 Å². The minimum absolute atomic E-state index is 0.255. The van der Waals surface area contributed by atoms with Crippen molar-refractivity contribution in [1.82, 2.24) is 4.98 Å². The van der Waals surface area contributed by atoms with E-state index in [1.165, 1.54) is 0 Å². The Morgan fingerprint density at radius 1 is 1.47 bits per heavy atom. The number of hydrogen-bond donors (Lipinski definition) is 1. The number of nitrogens with two attached hydrogens (primary N) is 1. The fourth-order valence-electron chi connectivity index (χ4n) is 1.15. The molecule has 0 unspecified atom stereocenters. The number of sulfonamides is 1. The van der Waals surface area contributed by atoms with Gasteiger partial charge in [0.05, 0.1) is 17.5 Å². The molecule has 1 heterocycles. The normalized spacial score (nSPS) is 12.1. The van der Waals surface area contributed by atoms with E-state index in [-0.39, 0.29) is 5.69 Å². The SMILES string of the molecule is Cc1ncc(F)c(C(F)F)c1S(N)(=O)=O. The quantitative estimate of drug-likeness (QED) is 0.841. The van der Waals surface area contributed by atoms with Crippen molar-refractivity contribution in [1.29, 1.82) is 0 Å². The zero-order valence-electron chi connectivity index (χ0n) is 7.54. The van der Waals surface area contributed by atoms with E-state index in [0.717, 1.165) is 6.92 Å². The summed E-state index contributed by atoms with van der Waals surface area (Å²) in [6.45, 7) is 1.16. The number of nitrogens with zero attached hydrogens (tertiary/aromatic N) is 1. The van der Waals surface area contributed by atoms with Crippen LogP contribution in [0.1, 0.15) is 17.7 Å². The second-order valence-corrected chi connectivity index (χ2v) is 4.28. The van der Waals surface area contributed by atoms with E-state index >= 15 is 0 Å². The average Bonchev–Trinajstić information content (AvgIpc) is 2.05. The maximum atomic E-state index is 12.9. The van der Waals surface area contributed by atoms with Gasteiger partial charge in [0.1, 0.15) is 4.90 Å². The van der Waals surface area contributed by atoms with Crippen molar-refractivity contribution in [3.05, 3.63) is 23.3 Å². The summed E-state index contributed by atoms with van der Waals surface area (Å²) < 4.78 is 59.7. The topological polar surface area (TPSA) is 73.0 Å². The van der Waals surface area contributed by atoms with Crippen LogP contribution in [0.4, 0.5) is 13.2 Å². The number of hydrogen-bond acceptors (Lipinski definition) is 3. The second kappa shape index (κ2) is 3.78. The summed E-state index contributed by atoms with van der Waals surface area (Å²) in [5, 5.41) is 4.70. The monoisotopic (exact) mass is 240 g/mol. The molecule has 0 saturated heterocycles. The minimum atomic E-state index is -4.41. The Bertz CT molecular complexity index is 487. The van der Waals surface area contributed by atoms with Crippen molar-refractivity contribution < 1.29 is 21.6 Å². The molecule has 0 saturated carbocycles. The molecular formula is C7H7F3N2O2S. The molecule has 0 aliphatic carbocycles. The van der Waals surface area contributed by atoms with E-state index in [1.807, 2.05) is 0 Å². The number of rotatable bonds is 2. The summed E-state index contributed by atoms with van der Waals surface area (Å²) in [4.78, 5) is 2.37. The van der Waals surface area contributed by atoms with Gasteiger partial charge in [-0.05, 0) is 6.92 Å². The lowest BCUT2D eigenvalue weighted by molar-refractivity contribution is 0.142. The van der Waals surface area contributed by atoms with Crippen LogP contribution in [0, 0.1) is 12.7 Å². The van der Waals surface area contributed by atoms with Gasteiger partial charge in [0.2, 0.25) is 10.0 Å². The molecule has 1 aromatic rings. The molecule has 1 rings (SSSR count). The van der Waals surface area contributed by atoms with Gasteiger partial charge < -0.3 is 0 Å². The van der Waals surface area contributed by atoms with Gasteiger partial charge in [-0.1, -0.05) is 0 Å². The molecule has 84 valence electrons. The van der Waals surface area contributed by atoms with Crippen LogP contribution in [0.25, 0.3) is 0 Å². The van der Waals surface area contributed by atoms with Gasteiger partial charge in [-0.25, -0.2) is 26.7 Å². The van der Waals surface area contributed by atoms with Crippen LogP contribution in [0.3, 0.4) is 0 Å². The molecule has 15 heavy (non-hydrogen) atoms. The van der Waals surface area contributed by atoms with E-state index in [1.54, 1.807) is 0 Å². The Kier molecular flexibility index (Phi) is 3.00. The summed E-state index contributed by atoms with van der Waals surface area (Å²) in [6, 6.07) is 0. The minimum Gasteiger partial charge on any atom is -0.257 e. The third-order valence-electron chi connectivity index (χ3n) is 1.70. The Balaban J connectivity index is 3.68. The highest BCUT2D eigenvalue weighted by molar-refractivity contribution is 7.89. The van der Waals surface area contributed by atoms with Gasteiger partial charge in [-0.3, -0.25) is 4.98 Å². The van der Waals surface area contributed by atoms with Crippen molar-refractivity contribution in [3.63, 3.8) is 0 Å². The number of aromatic nitrogens is 1. The largest absolute Gasteiger partial charge is 0.268 e. The van der Waals surface area contributed by atoms with Gasteiger partial charge in [0.15, 0.2) is 5.82 Å². The summed E-state index contributed by atoms with van der Waals surface area (Å²) in [5.74, 6) is -1.39. The van der Waals surface area contributed by atoms with Crippen LogP contribution in [-0.4, -0.2) is 13.4 Å². The Morgan fingerprint density at radius 3 is 2.33 bits per heavy atom. The fraction of sp³-hybridized carbons (Fsp3) is 0.286. The first-order chi connectivity index (χ1) is 6.75. The Morgan fingerprint density at radius 2 is 2.00 bits per heavy atom. The zero-order valence-corrected chi connectivity index (χ0v) is 8.35. The van der Waals surface area contributed by atoms with Gasteiger partial charge in [0.25, 0.3) is 6.43 Å². The molecular weight excluding hydrogens is 233 g/mol. The number of alkyl halides is 2. The van der Waals surface area contributed by atoms with Crippen molar-refractivity contribution >= 4 is 10.0 Å². The second-order valence-electron chi connectivity index (χ2n) is 2.78. The smallest absolute Gasteiger partial charge is 0.257 e. The molecule has 0 aromatic carbocycles. The molecule has 0 spiro atoms. The lowest BCUT2D eigenvalue weighted by Gasteiger charge is -2.09. The van der Waals surface area contributed by atoms with Gasteiger partial charge in [-0.15, -0.1) is 0 Å². The van der Waals surface area contributed by atoms with E-state index in [2.05, 4.69) is 4.98 Å². The third kappa shape index (κ3) is 2.26. The van der Waals surface area contributed by atoms with E-state index < -0.39 is 32.7 Å². The Hall–Kier alpha value is -1.15. The van der Waals surface area contributed by atoms with Crippen LogP contribution in [-0.2, 0) is 10.0 Å². The lowest BCUT2D eigenvalue weighted by atomic mass is 10.2. The molecule has 0 atom stereocenters.